The van der Waals surface area contributed by atoms with E-state index in [0.29, 0.717) is 6.04 Å². The number of carbonyl (C=O) groups is 1. The largest absolute Gasteiger partial charge is 0.380 e. The van der Waals surface area contributed by atoms with Gasteiger partial charge in [-0.1, -0.05) is 42.5 Å². The van der Waals surface area contributed by atoms with E-state index in [0.717, 1.165) is 31.5 Å². The fraction of sp³-hybridized carbons (Fsp3) is 0.320. The first-order valence-corrected chi connectivity index (χ1v) is 10.6. The summed E-state index contributed by atoms with van der Waals surface area (Å²) in [5.41, 5.74) is 7.56. The van der Waals surface area contributed by atoms with Gasteiger partial charge >= 0.3 is 0 Å². The third-order valence-electron chi connectivity index (χ3n) is 6.19. The van der Waals surface area contributed by atoms with Crippen molar-refractivity contribution in [1.29, 1.82) is 0 Å². The predicted octanol–water partition coefficient (Wildman–Crippen LogP) is 3.83. The number of carbonyl (C=O) groups excluding carboxylic acids is 1. The molecule has 1 saturated heterocycles. The lowest BCUT2D eigenvalue weighted by molar-refractivity contribution is -0.124. The molecule has 2 heterocycles. The van der Waals surface area contributed by atoms with Crippen molar-refractivity contribution in [2.45, 2.75) is 38.5 Å². The van der Waals surface area contributed by atoms with E-state index in [1.165, 1.54) is 33.8 Å². The third kappa shape index (κ3) is 4.88. The smallest absolute Gasteiger partial charge is 0.267 e. The van der Waals surface area contributed by atoms with Gasteiger partial charge in [-0.25, -0.2) is 5.48 Å². The Balaban J connectivity index is 1.49. The highest BCUT2D eigenvalue weighted by Gasteiger charge is 2.33. The van der Waals surface area contributed by atoms with E-state index in [2.05, 4.69) is 53.2 Å². The number of aromatic nitrogens is 1. The van der Waals surface area contributed by atoms with Gasteiger partial charge in [0.1, 0.15) is 0 Å². The first-order chi connectivity index (χ1) is 15.1. The SMILES string of the molecule is COC1CC(Cc2c(C)[nH]c3ccccc23)N(Cc2ccc(C=CC(=O)NO)cc2)C1. The van der Waals surface area contributed by atoms with Crippen LogP contribution in [0.4, 0.5) is 0 Å². The Hall–Kier alpha value is -2.93. The van der Waals surface area contributed by atoms with Crippen LogP contribution in [0, 0.1) is 6.92 Å². The molecule has 2 aromatic carbocycles. The average molecular weight is 420 g/mol. The number of nitrogens with one attached hydrogen (secondary N) is 2. The molecular formula is C25H29N3O3. The van der Waals surface area contributed by atoms with E-state index >= 15 is 0 Å². The molecule has 0 saturated carbocycles. The van der Waals surface area contributed by atoms with Gasteiger partial charge in [0.15, 0.2) is 0 Å². The molecule has 3 N–H and O–H groups in total. The Bertz CT molecular complexity index is 1070. The van der Waals surface area contributed by atoms with E-state index in [1.54, 1.807) is 18.7 Å². The molecule has 1 aliphatic heterocycles. The molecule has 31 heavy (non-hydrogen) atoms. The van der Waals surface area contributed by atoms with Crippen LogP contribution >= 0.6 is 0 Å². The van der Waals surface area contributed by atoms with Gasteiger partial charge in [0.05, 0.1) is 6.10 Å². The van der Waals surface area contributed by atoms with Crippen molar-refractivity contribution in [3.05, 3.63) is 77.0 Å². The second-order valence-corrected chi connectivity index (χ2v) is 8.21. The zero-order valence-corrected chi connectivity index (χ0v) is 18.0. The zero-order valence-electron chi connectivity index (χ0n) is 18.0. The second kappa shape index (κ2) is 9.47. The number of likely N-dealkylation sites (tertiary alicyclic amines) is 1. The van der Waals surface area contributed by atoms with Crippen molar-refractivity contribution < 1.29 is 14.7 Å². The van der Waals surface area contributed by atoms with Crippen LogP contribution in [0.2, 0.25) is 0 Å². The van der Waals surface area contributed by atoms with Crippen molar-refractivity contribution in [2.24, 2.45) is 0 Å². The molecule has 6 heteroatoms. The summed E-state index contributed by atoms with van der Waals surface area (Å²) in [4.78, 5) is 17.2. The first-order valence-electron chi connectivity index (χ1n) is 10.6. The molecule has 1 aliphatic rings. The molecule has 4 rings (SSSR count). The average Bonchev–Trinajstić information content (AvgIpc) is 3.33. The topological polar surface area (TPSA) is 77.6 Å². The maximum Gasteiger partial charge on any atom is 0.267 e. The summed E-state index contributed by atoms with van der Waals surface area (Å²) in [5, 5.41) is 9.89. The number of hydrogen-bond donors (Lipinski definition) is 3. The molecule has 0 bridgehead atoms. The van der Waals surface area contributed by atoms with Gasteiger partial charge in [-0.05, 0) is 48.6 Å². The molecule has 0 spiro atoms. The quantitative estimate of drug-likeness (QED) is 0.309. The summed E-state index contributed by atoms with van der Waals surface area (Å²) in [7, 11) is 1.80. The standard InChI is InChI=1S/C25H29N3O3/c1-17-23(22-5-3-4-6-24(22)26-17)14-20-13-21(31-2)16-28(20)15-19-9-7-18(8-10-19)11-12-25(29)27-30/h3-12,20-21,26,30H,13-16H2,1-2H3,(H,27,29). The van der Waals surface area contributed by atoms with E-state index in [-0.39, 0.29) is 6.10 Å². The van der Waals surface area contributed by atoms with Crippen LogP contribution in [0.25, 0.3) is 17.0 Å². The predicted molar refractivity (Wildman–Crippen MR) is 122 cm³/mol. The third-order valence-corrected chi connectivity index (χ3v) is 6.19. The number of hydroxylamine groups is 1. The van der Waals surface area contributed by atoms with Crippen molar-refractivity contribution >= 4 is 22.9 Å². The normalized spacial score (nSPS) is 19.5. The van der Waals surface area contributed by atoms with Crippen molar-refractivity contribution in [2.75, 3.05) is 13.7 Å². The minimum Gasteiger partial charge on any atom is -0.380 e. The van der Waals surface area contributed by atoms with Crippen molar-refractivity contribution in [3.63, 3.8) is 0 Å². The molecule has 2 unspecified atom stereocenters. The summed E-state index contributed by atoms with van der Waals surface area (Å²) < 4.78 is 5.71. The highest BCUT2D eigenvalue weighted by atomic mass is 16.5. The number of aromatic amines is 1. The molecule has 1 amide bonds. The molecule has 1 fully saturated rings. The van der Waals surface area contributed by atoms with E-state index in [9.17, 15) is 4.79 Å². The maximum absolute atomic E-state index is 11.1. The fourth-order valence-electron chi connectivity index (χ4n) is 4.53. The molecule has 0 radical (unpaired) electrons. The van der Waals surface area contributed by atoms with Crippen LogP contribution in [0.3, 0.4) is 0 Å². The molecule has 6 nitrogen and oxygen atoms in total. The molecule has 1 aromatic heterocycles. The van der Waals surface area contributed by atoms with E-state index in [1.807, 2.05) is 12.1 Å². The van der Waals surface area contributed by atoms with Gasteiger partial charge < -0.3 is 9.72 Å². The van der Waals surface area contributed by atoms with Crippen LogP contribution in [-0.2, 0) is 22.5 Å². The number of methoxy groups -OCH3 is 1. The Morgan fingerprint density at radius 1 is 1.26 bits per heavy atom. The van der Waals surface area contributed by atoms with E-state index < -0.39 is 5.91 Å². The Labute approximate surface area is 182 Å². The molecular weight excluding hydrogens is 390 g/mol. The lowest BCUT2D eigenvalue weighted by Crippen LogP contribution is -2.31. The summed E-state index contributed by atoms with van der Waals surface area (Å²) in [5.74, 6) is -0.540. The molecule has 0 aliphatic carbocycles. The number of nitrogens with zero attached hydrogens (tertiary/aromatic N) is 1. The second-order valence-electron chi connectivity index (χ2n) is 8.21. The number of aryl methyl sites for hydroxylation is 1. The summed E-state index contributed by atoms with van der Waals surface area (Å²) in [6.07, 6.45) is 5.24. The monoisotopic (exact) mass is 419 g/mol. The highest BCUT2D eigenvalue weighted by molar-refractivity contribution is 5.90. The number of rotatable bonds is 7. The summed E-state index contributed by atoms with van der Waals surface area (Å²) in [6.45, 7) is 3.93. The van der Waals surface area contributed by atoms with Crippen LogP contribution < -0.4 is 5.48 Å². The van der Waals surface area contributed by atoms with Crippen LogP contribution in [0.1, 0.15) is 28.8 Å². The number of benzene rings is 2. The van der Waals surface area contributed by atoms with Crippen LogP contribution in [0.5, 0.6) is 0 Å². The lowest BCUT2D eigenvalue weighted by Gasteiger charge is -2.24. The number of amides is 1. The zero-order chi connectivity index (χ0) is 21.8. The summed E-state index contributed by atoms with van der Waals surface area (Å²) >= 11 is 0. The van der Waals surface area contributed by atoms with Crippen LogP contribution in [0.15, 0.2) is 54.6 Å². The number of hydrogen-bond acceptors (Lipinski definition) is 4. The fourth-order valence-corrected chi connectivity index (χ4v) is 4.53. The minimum absolute atomic E-state index is 0.245. The Kier molecular flexibility index (Phi) is 6.51. The summed E-state index contributed by atoms with van der Waals surface area (Å²) in [6, 6.07) is 17.1. The van der Waals surface area contributed by atoms with Crippen molar-refractivity contribution in [3.8, 4) is 0 Å². The lowest BCUT2D eigenvalue weighted by atomic mass is 10.00. The van der Waals surface area contributed by atoms with Crippen LogP contribution in [-0.4, -0.2) is 46.8 Å². The Morgan fingerprint density at radius 2 is 2.03 bits per heavy atom. The van der Waals surface area contributed by atoms with Gasteiger partial charge in [0, 0.05) is 48.9 Å². The van der Waals surface area contributed by atoms with Gasteiger partial charge in [-0.2, -0.15) is 0 Å². The first kappa shape index (κ1) is 21.3. The molecule has 162 valence electrons. The minimum atomic E-state index is -0.540. The van der Waals surface area contributed by atoms with Crippen molar-refractivity contribution in [1.82, 2.24) is 15.4 Å². The number of ether oxygens (including phenoxy) is 1. The number of para-hydroxylation sites is 1. The number of fused-ring (bicyclic) bond motifs is 1. The van der Waals surface area contributed by atoms with Gasteiger partial charge in [0.2, 0.25) is 0 Å². The molecule has 2 atom stereocenters. The highest BCUT2D eigenvalue weighted by Crippen LogP contribution is 2.30. The maximum atomic E-state index is 11.1. The van der Waals surface area contributed by atoms with E-state index in [4.69, 9.17) is 9.94 Å². The Morgan fingerprint density at radius 3 is 2.77 bits per heavy atom. The molecule has 3 aromatic rings. The van der Waals surface area contributed by atoms with Gasteiger partial charge in [0.25, 0.3) is 5.91 Å². The van der Waals surface area contributed by atoms with Gasteiger partial charge in [-0.15, -0.1) is 0 Å². The van der Waals surface area contributed by atoms with Gasteiger partial charge in [-0.3, -0.25) is 14.9 Å². The number of H-pyrrole nitrogens is 1.